The topological polar surface area (TPSA) is 58.2 Å². The number of para-hydroxylation sites is 1. The van der Waals surface area contributed by atoms with Crippen LogP contribution in [0.5, 0.6) is 0 Å². The lowest BCUT2D eigenvalue weighted by Crippen LogP contribution is -2.35. The van der Waals surface area contributed by atoms with Crippen LogP contribution in [0.15, 0.2) is 48.5 Å². The first kappa shape index (κ1) is 15.4. The Morgan fingerprint density at radius 1 is 0.857 bits per heavy atom. The van der Waals surface area contributed by atoms with Gasteiger partial charge in [-0.15, -0.1) is 0 Å². The van der Waals surface area contributed by atoms with Crippen LogP contribution in [0.25, 0.3) is 0 Å². The van der Waals surface area contributed by atoms with Crippen molar-refractivity contribution in [1.29, 1.82) is 0 Å². The Labute approximate surface area is 132 Å². The molecule has 108 valence electrons. The summed E-state index contributed by atoms with van der Waals surface area (Å²) in [6.45, 7) is 0.267. The Bertz CT molecular complexity index is 640. The van der Waals surface area contributed by atoms with Gasteiger partial charge in [0.2, 0.25) is 0 Å². The van der Waals surface area contributed by atoms with Gasteiger partial charge < -0.3 is 10.6 Å². The fourth-order valence-electron chi connectivity index (χ4n) is 1.65. The molecule has 2 rings (SSSR count). The SMILES string of the molecule is O=C(NCc1ccccc1)C(=O)Nc1c(Cl)cccc1Cl. The van der Waals surface area contributed by atoms with E-state index in [1.54, 1.807) is 18.2 Å². The van der Waals surface area contributed by atoms with Gasteiger partial charge in [0.15, 0.2) is 0 Å². The van der Waals surface area contributed by atoms with Gasteiger partial charge in [0.1, 0.15) is 0 Å². The maximum absolute atomic E-state index is 11.8. The molecular weight excluding hydrogens is 311 g/mol. The number of amides is 2. The van der Waals surface area contributed by atoms with Crippen LogP contribution in [0.3, 0.4) is 0 Å². The zero-order valence-electron chi connectivity index (χ0n) is 10.9. The average molecular weight is 323 g/mol. The van der Waals surface area contributed by atoms with Crippen LogP contribution < -0.4 is 10.6 Å². The third kappa shape index (κ3) is 4.21. The summed E-state index contributed by atoms with van der Waals surface area (Å²) in [4.78, 5) is 23.5. The highest BCUT2D eigenvalue weighted by Gasteiger charge is 2.16. The molecule has 0 bridgehead atoms. The molecule has 6 heteroatoms. The lowest BCUT2D eigenvalue weighted by atomic mass is 10.2. The number of carbonyl (C=O) groups excluding carboxylic acids is 2. The third-order valence-electron chi connectivity index (χ3n) is 2.70. The number of carbonyl (C=O) groups is 2. The van der Waals surface area contributed by atoms with Crippen molar-refractivity contribution in [3.8, 4) is 0 Å². The Morgan fingerprint density at radius 2 is 1.48 bits per heavy atom. The van der Waals surface area contributed by atoms with Crippen molar-refractivity contribution >= 4 is 40.7 Å². The van der Waals surface area contributed by atoms with E-state index in [0.29, 0.717) is 0 Å². The van der Waals surface area contributed by atoms with Gasteiger partial charge in [-0.1, -0.05) is 59.6 Å². The van der Waals surface area contributed by atoms with Crippen molar-refractivity contribution in [1.82, 2.24) is 5.32 Å². The molecule has 2 aromatic rings. The Balaban J connectivity index is 1.96. The van der Waals surface area contributed by atoms with Crippen molar-refractivity contribution in [2.45, 2.75) is 6.54 Å². The van der Waals surface area contributed by atoms with Gasteiger partial charge in [0.25, 0.3) is 0 Å². The molecule has 2 amide bonds. The number of halogens is 2. The van der Waals surface area contributed by atoms with Gasteiger partial charge in [-0.2, -0.15) is 0 Å². The number of nitrogens with one attached hydrogen (secondary N) is 2. The minimum atomic E-state index is -0.819. The molecule has 0 saturated carbocycles. The minimum absolute atomic E-state index is 0.223. The molecule has 0 heterocycles. The van der Waals surface area contributed by atoms with Crippen molar-refractivity contribution in [3.63, 3.8) is 0 Å². The second-order valence-electron chi connectivity index (χ2n) is 4.22. The van der Waals surface area contributed by atoms with E-state index in [1.165, 1.54) is 0 Å². The van der Waals surface area contributed by atoms with Crippen molar-refractivity contribution < 1.29 is 9.59 Å². The first-order valence-electron chi connectivity index (χ1n) is 6.15. The zero-order chi connectivity index (χ0) is 15.2. The van der Waals surface area contributed by atoms with Crippen LogP contribution in [-0.2, 0) is 16.1 Å². The first-order valence-corrected chi connectivity index (χ1v) is 6.90. The van der Waals surface area contributed by atoms with E-state index in [9.17, 15) is 9.59 Å². The lowest BCUT2D eigenvalue weighted by Gasteiger charge is -2.09. The van der Waals surface area contributed by atoms with Crippen LogP contribution in [0, 0.1) is 0 Å². The van der Waals surface area contributed by atoms with Crippen molar-refractivity contribution in [2.24, 2.45) is 0 Å². The third-order valence-corrected chi connectivity index (χ3v) is 3.33. The maximum Gasteiger partial charge on any atom is 0.313 e. The average Bonchev–Trinajstić information content (AvgIpc) is 2.49. The molecule has 4 nitrogen and oxygen atoms in total. The summed E-state index contributed by atoms with van der Waals surface area (Å²) < 4.78 is 0. The minimum Gasteiger partial charge on any atom is -0.344 e. The molecule has 0 aliphatic rings. The van der Waals surface area contributed by atoms with Crippen molar-refractivity contribution in [3.05, 3.63) is 64.1 Å². The summed E-state index contributed by atoms with van der Waals surface area (Å²) >= 11 is 11.8. The molecule has 2 aromatic carbocycles. The first-order chi connectivity index (χ1) is 10.1. The van der Waals surface area contributed by atoms with E-state index >= 15 is 0 Å². The predicted molar refractivity (Wildman–Crippen MR) is 83.4 cm³/mol. The van der Waals surface area contributed by atoms with Crippen LogP contribution in [0.2, 0.25) is 10.0 Å². The summed E-state index contributed by atoms with van der Waals surface area (Å²) in [7, 11) is 0. The highest BCUT2D eigenvalue weighted by molar-refractivity contribution is 6.44. The highest BCUT2D eigenvalue weighted by atomic mass is 35.5. The molecule has 0 radical (unpaired) electrons. The van der Waals surface area contributed by atoms with Gasteiger partial charge in [-0.05, 0) is 17.7 Å². The number of hydrogen-bond donors (Lipinski definition) is 2. The molecule has 21 heavy (non-hydrogen) atoms. The quantitative estimate of drug-likeness (QED) is 0.852. The Morgan fingerprint density at radius 3 is 2.10 bits per heavy atom. The maximum atomic E-state index is 11.8. The van der Waals surface area contributed by atoms with E-state index in [0.717, 1.165) is 5.56 Å². The molecular formula is C15H12Cl2N2O2. The molecule has 0 unspecified atom stereocenters. The van der Waals surface area contributed by atoms with Crippen molar-refractivity contribution in [2.75, 3.05) is 5.32 Å². The highest BCUT2D eigenvalue weighted by Crippen LogP contribution is 2.29. The summed E-state index contributed by atoms with van der Waals surface area (Å²) in [6.07, 6.45) is 0. The molecule has 2 N–H and O–H groups in total. The van der Waals surface area contributed by atoms with Crippen LogP contribution in [0.1, 0.15) is 5.56 Å². The standard InChI is InChI=1S/C15H12Cl2N2O2/c16-11-7-4-8-12(17)13(11)19-15(21)14(20)18-9-10-5-2-1-3-6-10/h1-8H,9H2,(H,18,20)(H,19,21). The predicted octanol–water partition coefficient (Wildman–Crippen LogP) is 3.25. The Hall–Kier alpha value is -2.04. The number of benzene rings is 2. The molecule has 0 aliphatic carbocycles. The lowest BCUT2D eigenvalue weighted by molar-refractivity contribution is -0.136. The Kier molecular flexibility index (Phi) is 5.20. The molecule has 0 saturated heterocycles. The molecule has 0 aromatic heterocycles. The van der Waals surface area contributed by atoms with Crippen LogP contribution >= 0.6 is 23.2 Å². The summed E-state index contributed by atoms with van der Waals surface area (Å²) in [5, 5.41) is 5.46. The van der Waals surface area contributed by atoms with Gasteiger partial charge >= 0.3 is 11.8 Å². The monoisotopic (exact) mass is 322 g/mol. The zero-order valence-corrected chi connectivity index (χ0v) is 12.4. The summed E-state index contributed by atoms with van der Waals surface area (Å²) in [6, 6.07) is 14.1. The van der Waals surface area contributed by atoms with E-state index in [-0.39, 0.29) is 22.3 Å². The second kappa shape index (κ2) is 7.11. The van der Waals surface area contributed by atoms with Crippen LogP contribution in [0.4, 0.5) is 5.69 Å². The largest absolute Gasteiger partial charge is 0.344 e. The summed E-state index contributed by atoms with van der Waals surface area (Å²) in [5.41, 5.74) is 1.12. The fourth-order valence-corrected chi connectivity index (χ4v) is 2.14. The summed E-state index contributed by atoms with van der Waals surface area (Å²) in [5.74, 6) is -1.57. The van der Waals surface area contributed by atoms with Gasteiger partial charge in [-0.3, -0.25) is 9.59 Å². The van der Waals surface area contributed by atoms with Gasteiger partial charge in [-0.25, -0.2) is 0 Å². The number of rotatable bonds is 3. The fraction of sp³-hybridized carbons (Fsp3) is 0.0667. The normalized spacial score (nSPS) is 10.0. The molecule has 0 spiro atoms. The van der Waals surface area contributed by atoms with E-state index in [2.05, 4.69) is 10.6 Å². The molecule has 0 fully saturated rings. The van der Waals surface area contributed by atoms with Gasteiger partial charge in [0.05, 0.1) is 15.7 Å². The van der Waals surface area contributed by atoms with E-state index in [1.807, 2.05) is 30.3 Å². The molecule has 0 aliphatic heterocycles. The second-order valence-corrected chi connectivity index (χ2v) is 5.03. The van der Waals surface area contributed by atoms with Crippen LogP contribution in [-0.4, -0.2) is 11.8 Å². The van der Waals surface area contributed by atoms with E-state index in [4.69, 9.17) is 23.2 Å². The number of anilines is 1. The number of hydrogen-bond acceptors (Lipinski definition) is 2. The van der Waals surface area contributed by atoms with E-state index < -0.39 is 11.8 Å². The van der Waals surface area contributed by atoms with Gasteiger partial charge in [0, 0.05) is 6.54 Å². The smallest absolute Gasteiger partial charge is 0.313 e. The molecule has 0 atom stereocenters.